The summed E-state index contributed by atoms with van der Waals surface area (Å²) in [7, 11) is 0. The maximum Gasteiger partial charge on any atom is -0.0533 e. The standard InChI is InChI=1S/C11H24.C8H18/c1-3-5-7-9-11-10-8-6-4-2;1-3-5-7-8-6-4-2/h3-11H2,1-2H3;3-8H2,1-2H3. The van der Waals surface area contributed by atoms with Crippen molar-refractivity contribution in [1.29, 1.82) is 0 Å². The fraction of sp³-hybridized carbons (Fsp3) is 1.00. The highest BCUT2D eigenvalue weighted by Gasteiger charge is 1.89. The molecule has 0 bridgehead atoms. The summed E-state index contributed by atoms with van der Waals surface area (Å²) in [6.07, 6.45) is 21.4. The van der Waals surface area contributed by atoms with E-state index in [1.165, 1.54) is 96.3 Å². The van der Waals surface area contributed by atoms with Gasteiger partial charge in [0, 0.05) is 0 Å². The molecule has 0 fully saturated rings. The summed E-state index contributed by atoms with van der Waals surface area (Å²) in [5, 5.41) is 0. The second-order valence-electron chi connectivity index (χ2n) is 5.89. The third-order valence-corrected chi connectivity index (χ3v) is 3.66. The van der Waals surface area contributed by atoms with Crippen LogP contribution in [0.3, 0.4) is 0 Å². The largest absolute Gasteiger partial charge is 0.0654 e. The zero-order valence-corrected chi connectivity index (χ0v) is 14.6. The lowest BCUT2D eigenvalue weighted by atomic mass is 10.1. The summed E-state index contributed by atoms with van der Waals surface area (Å²) >= 11 is 0. The number of rotatable bonds is 13. The van der Waals surface area contributed by atoms with E-state index < -0.39 is 0 Å². The zero-order valence-electron chi connectivity index (χ0n) is 14.6. The average molecular weight is 271 g/mol. The molecular formula is C19H42. The van der Waals surface area contributed by atoms with Crippen LogP contribution < -0.4 is 0 Å². The van der Waals surface area contributed by atoms with Crippen molar-refractivity contribution in [3.63, 3.8) is 0 Å². The van der Waals surface area contributed by atoms with Crippen LogP contribution in [0.5, 0.6) is 0 Å². The number of hydrogen-bond acceptors (Lipinski definition) is 0. The molecule has 0 aliphatic heterocycles. The van der Waals surface area contributed by atoms with Gasteiger partial charge in [-0.3, -0.25) is 0 Å². The van der Waals surface area contributed by atoms with Gasteiger partial charge in [0.05, 0.1) is 0 Å². The third kappa shape index (κ3) is 27.3. The van der Waals surface area contributed by atoms with Crippen molar-refractivity contribution in [3.05, 3.63) is 0 Å². The van der Waals surface area contributed by atoms with Crippen LogP contribution in [-0.2, 0) is 0 Å². The first-order valence-electron chi connectivity index (χ1n) is 9.33. The second kappa shape index (κ2) is 23.1. The van der Waals surface area contributed by atoms with Gasteiger partial charge >= 0.3 is 0 Å². The first-order valence-corrected chi connectivity index (χ1v) is 9.33. The van der Waals surface area contributed by atoms with Crippen molar-refractivity contribution in [3.8, 4) is 0 Å². The van der Waals surface area contributed by atoms with Crippen molar-refractivity contribution in [2.24, 2.45) is 0 Å². The summed E-state index contributed by atoms with van der Waals surface area (Å²) in [4.78, 5) is 0. The first kappa shape index (κ1) is 21.3. The van der Waals surface area contributed by atoms with Crippen molar-refractivity contribution in [1.82, 2.24) is 0 Å². The lowest BCUT2D eigenvalue weighted by Crippen LogP contribution is -1.79. The Hall–Kier alpha value is 0. The highest BCUT2D eigenvalue weighted by Crippen LogP contribution is 2.08. The molecule has 0 heteroatoms. The fourth-order valence-corrected chi connectivity index (χ4v) is 2.24. The molecule has 0 aliphatic carbocycles. The zero-order chi connectivity index (χ0) is 14.6. The van der Waals surface area contributed by atoms with E-state index in [2.05, 4.69) is 27.7 Å². The van der Waals surface area contributed by atoms with Crippen LogP contribution in [-0.4, -0.2) is 0 Å². The maximum atomic E-state index is 2.27. The van der Waals surface area contributed by atoms with Crippen LogP contribution in [0.25, 0.3) is 0 Å². The maximum absolute atomic E-state index is 2.27. The molecule has 0 atom stereocenters. The quantitative estimate of drug-likeness (QED) is 0.298. The van der Waals surface area contributed by atoms with Gasteiger partial charge in [-0.2, -0.15) is 0 Å². The van der Waals surface area contributed by atoms with Gasteiger partial charge in [0.1, 0.15) is 0 Å². The molecule has 0 aromatic carbocycles. The van der Waals surface area contributed by atoms with Crippen LogP contribution in [0.1, 0.15) is 124 Å². The van der Waals surface area contributed by atoms with Gasteiger partial charge in [-0.05, 0) is 0 Å². The minimum absolute atomic E-state index is 1.36. The van der Waals surface area contributed by atoms with Crippen molar-refractivity contribution < 1.29 is 0 Å². The third-order valence-electron chi connectivity index (χ3n) is 3.66. The van der Waals surface area contributed by atoms with E-state index in [9.17, 15) is 0 Å². The Morgan fingerprint density at radius 3 is 0.579 bits per heavy atom. The van der Waals surface area contributed by atoms with E-state index in [-0.39, 0.29) is 0 Å². The van der Waals surface area contributed by atoms with Crippen molar-refractivity contribution >= 4 is 0 Å². The summed E-state index contributed by atoms with van der Waals surface area (Å²) in [6.45, 7) is 9.06. The highest BCUT2D eigenvalue weighted by molar-refractivity contribution is 4.44. The monoisotopic (exact) mass is 270 g/mol. The molecule has 0 radical (unpaired) electrons. The van der Waals surface area contributed by atoms with E-state index in [0.29, 0.717) is 0 Å². The Kier molecular flexibility index (Phi) is 25.9. The Labute approximate surface area is 124 Å². The van der Waals surface area contributed by atoms with Gasteiger partial charge in [0.15, 0.2) is 0 Å². The molecular weight excluding hydrogens is 228 g/mol. The molecule has 0 N–H and O–H groups in total. The molecule has 19 heavy (non-hydrogen) atoms. The second-order valence-corrected chi connectivity index (χ2v) is 5.89. The Morgan fingerprint density at radius 1 is 0.263 bits per heavy atom. The number of hydrogen-bond donors (Lipinski definition) is 0. The molecule has 0 spiro atoms. The van der Waals surface area contributed by atoms with E-state index in [4.69, 9.17) is 0 Å². The SMILES string of the molecule is CCCCCCCC.CCCCCCCCCCC. The fourth-order valence-electron chi connectivity index (χ4n) is 2.24. The van der Waals surface area contributed by atoms with E-state index >= 15 is 0 Å². The Morgan fingerprint density at radius 2 is 0.421 bits per heavy atom. The van der Waals surface area contributed by atoms with Crippen molar-refractivity contribution in [2.75, 3.05) is 0 Å². The molecule has 0 aromatic heterocycles. The molecule has 0 amide bonds. The lowest BCUT2D eigenvalue weighted by Gasteiger charge is -1.98. The topological polar surface area (TPSA) is 0 Å². The summed E-state index contributed by atoms with van der Waals surface area (Å²) < 4.78 is 0. The van der Waals surface area contributed by atoms with Crippen LogP contribution in [0.15, 0.2) is 0 Å². The minimum Gasteiger partial charge on any atom is -0.0654 e. The number of unbranched alkanes of at least 4 members (excludes halogenated alkanes) is 13. The Bertz CT molecular complexity index is 103. The van der Waals surface area contributed by atoms with Crippen molar-refractivity contribution in [2.45, 2.75) is 124 Å². The minimum atomic E-state index is 1.36. The summed E-state index contributed by atoms with van der Waals surface area (Å²) in [6, 6.07) is 0. The predicted octanol–water partition coefficient (Wildman–Crippen LogP) is 7.90. The lowest BCUT2D eigenvalue weighted by molar-refractivity contribution is 0.572. The molecule has 0 aromatic rings. The Balaban J connectivity index is 0. The van der Waals surface area contributed by atoms with Crippen LogP contribution in [0.2, 0.25) is 0 Å². The average Bonchev–Trinajstić information content (AvgIpc) is 2.44. The smallest absolute Gasteiger partial charge is 0.0533 e. The van der Waals surface area contributed by atoms with Crippen LogP contribution in [0, 0.1) is 0 Å². The van der Waals surface area contributed by atoms with Gasteiger partial charge in [-0.1, -0.05) is 124 Å². The van der Waals surface area contributed by atoms with Gasteiger partial charge in [-0.15, -0.1) is 0 Å². The summed E-state index contributed by atoms with van der Waals surface area (Å²) in [5.74, 6) is 0. The molecule has 0 unspecified atom stereocenters. The highest BCUT2D eigenvalue weighted by atomic mass is 14.0. The van der Waals surface area contributed by atoms with Crippen LogP contribution >= 0.6 is 0 Å². The molecule has 0 rings (SSSR count). The molecule has 0 heterocycles. The van der Waals surface area contributed by atoms with E-state index in [1.54, 1.807) is 0 Å². The van der Waals surface area contributed by atoms with Gasteiger partial charge < -0.3 is 0 Å². The molecule has 0 saturated heterocycles. The van der Waals surface area contributed by atoms with Gasteiger partial charge in [0.25, 0.3) is 0 Å². The molecule has 0 aliphatic rings. The summed E-state index contributed by atoms with van der Waals surface area (Å²) in [5.41, 5.74) is 0. The first-order chi connectivity index (χ1) is 9.33. The van der Waals surface area contributed by atoms with E-state index in [0.717, 1.165) is 0 Å². The normalized spacial score (nSPS) is 10.1. The molecule has 0 nitrogen and oxygen atoms in total. The van der Waals surface area contributed by atoms with Crippen LogP contribution in [0.4, 0.5) is 0 Å². The molecule has 0 saturated carbocycles. The van der Waals surface area contributed by atoms with Gasteiger partial charge in [0.2, 0.25) is 0 Å². The molecule has 118 valence electrons. The van der Waals surface area contributed by atoms with Gasteiger partial charge in [-0.25, -0.2) is 0 Å². The van der Waals surface area contributed by atoms with E-state index in [1.807, 2.05) is 0 Å². The predicted molar refractivity (Wildman–Crippen MR) is 92.0 cm³/mol.